The third-order valence-corrected chi connectivity index (χ3v) is 2.77. The maximum absolute atomic E-state index is 5.63. The molecule has 90 valence electrons. The van der Waals surface area contributed by atoms with Crippen molar-refractivity contribution in [1.29, 1.82) is 0 Å². The summed E-state index contributed by atoms with van der Waals surface area (Å²) in [6, 6.07) is 0. The smallest absolute Gasteiger partial charge is 0.219 e. The Hall–Kier alpha value is -0.940. The number of aromatic nitrogens is 2. The predicted octanol–water partition coefficient (Wildman–Crippen LogP) is 0.943. The molecule has 1 saturated heterocycles. The fourth-order valence-corrected chi connectivity index (χ4v) is 1.87. The summed E-state index contributed by atoms with van der Waals surface area (Å²) >= 11 is 0. The SMILES string of the molecule is CNCCc1nnc(CC2CCCCO2)o1. The topological polar surface area (TPSA) is 60.2 Å². The molecule has 0 saturated carbocycles. The lowest BCUT2D eigenvalue weighted by Crippen LogP contribution is -2.21. The molecule has 0 radical (unpaired) electrons. The van der Waals surface area contributed by atoms with Crippen LogP contribution in [0.5, 0.6) is 0 Å². The maximum Gasteiger partial charge on any atom is 0.219 e. The van der Waals surface area contributed by atoms with Crippen LogP contribution < -0.4 is 5.32 Å². The van der Waals surface area contributed by atoms with Crippen molar-refractivity contribution >= 4 is 0 Å². The van der Waals surface area contributed by atoms with E-state index in [9.17, 15) is 0 Å². The highest BCUT2D eigenvalue weighted by Crippen LogP contribution is 2.16. The van der Waals surface area contributed by atoms with Gasteiger partial charge in [-0.05, 0) is 26.3 Å². The van der Waals surface area contributed by atoms with Gasteiger partial charge >= 0.3 is 0 Å². The Morgan fingerprint density at radius 1 is 1.31 bits per heavy atom. The summed E-state index contributed by atoms with van der Waals surface area (Å²) in [5.41, 5.74) is 0. The van der Waals surface area contributed by atoms with Gasteiger partial charge in [-0.1, -0.05) is 0 Å². The largest absolute Gasteiger partial charge is 0.425 e. The Balaban J connectivity index is 1.81. The van der Waals surface area contributed by atoms with E-state index in [0.29, 0.717) is 11.8 Å². The van der Waals surface area contributed by atoms with E-state index in [1.165, 1.54) is 12.8 Å². The van der Waals surface area contributed by atoms with Gasteiger partial charge in [0.25, 0.3) is 0 Å². The Morgan fingerprint density at radius 3 is 2.94 bits per heavy atom. The van der Waals surface area contributed by atoms with E-state index < -0.39 is 0 Å². The molecule has 1 aromatic rings. The van der Waals surface area contributed by atoms with Crippen LogP contribution in [0.2, 0.25) is 0 Å². The minimum absolute atomic E-state index is 0.270. The highest BCUT2D eigenvalue weighted by atomic mass is 16.5. The first-order chi connectivity index (χ1) is 7.88. The molecule has 5 nitrogen and oxygen atoms in total. The van der Waals surface area contributed by atoms with Gasteiger partial charge < -0.3 is 14.5 Å². The summed E-state index contributed by atoms with van der Waals surface area (Å²) < 4.78 is 11.2. The van der Waals surface area contributed by atoms with E-state index in [-0.39, 0.29) is 6.10 Å². The van der Waals surface area contributed by atoms with Crippen LogP contribution in [0, 0.1) is 0 Å². The Morgan fingerprint density at radius 2 is 2.19 bits per heavy atom. The lowest BCUT2D eigenvalue weighted by molar-refractivity contribution is 0.0130. The fraction of sp³-hybridized carbons (Fsp3) is 0.818. The first-order valence-electron chi connectivity index (χ1n) is 5.96. The van der Waals surface area contributed by atoms with Crippen LogP contribution in [0.3, 0.4) is 0 Å². The van der Waals surface area contributed by atoms with Crippen LogP contribution in [0.4, 0.5) is 0 Å². The van der Waals surface area contributed by atoms with E-state index in [1.807, 2.05) is 7.05 Å². The molecule has 0 amide bonds. The number of nitrogens with zero attached hydrogens (tertiary/aromatic N) is 2. The van der Waals surface area contributed by atoms with E-state index in [0.717, 1.165) is 32.4 Å². The minimum Gasteiger partial charge on any atom is -0.425 e. The quantitative estimate of drug-likeness (QED) is 0.808. The highest BCUT2D eigenvalue weighted by Gasteiger charge is 2.17. The summed E-state index contributed by atoms with van der Waals surface area (Å²) in [6.45, 7) is 1.73. The Labute approximate surface area is 95.6 Å². The van der Waals surface area contributed by atoms with Crippen molar-refractivity contribution in [2.75, 3.05) is 20.2 Å². The van der Waals surface area contributed by atoms with Crippen molar-refractivity contribution in [1.82, 2.24) is 15.5 Å². The zero-order valence-electron chi connectivity index (χ0n) is 9.74. The molecule has 0 aromatic carbocycles. The molecule has 2 heterocycles. The van der Waals surface area contributed by atoms with Crippen molar-refractivity contribution in [2.45, 2.75) is 38.2 Å². The number of likely N-dealkylation sites (N-methyl/N-ethyl adjacent to an activating group) is 1. The molecule has 0 aliphatic carbocycles. The van der Waals surface area contributed by atoms with Gasteiger partial charge in [0.2, 0.25) is 11.8 Å². The van der Waals surface area contributed by atoms with Crippen molar-refractivity contribution in [3.8, 4) is 0 Å². The molecular formula is C11H19N3O2. The molecule has 1 aliphatic rings. The lowest BCUT2D eigenvalue weighted by atomic mass is 10.1. The van der Waals surface area contributed by atoms with Crippen LogP contribution in [-0.4, -0.2) is 36.5 Å². The van der Waals surface area contributed by atoms with Gasteiger partial charge in [-0.2, -0.15) is 0 Å². The monoisotopic (exact) mass is 225 g/mol. The lowest BCUT2D eigenvalue weighted by Gasteiger charge is -2.20. The molecule has 1 aliphatic heterocycles. The number of hydrogen-bond acceptors (Lipinski definition) is 5. The summed E-state index contributed by atoms with van der Waals surface area (Å²) in [6.07, 6.45) is 5.33. The minimum atomic E-state index is 0.270. The molecule has 1 N–H and O–H groups in total. The van der Waals surface area contributed by atoms with E-state index in [4.69, 9.17) is 9.15 Å². The summed E-state index contributed by atoms with van der Waals surface area (Å²) in [5, 5.41) is 11.1. The summed E-state index contributed by atoms with van der Waals surface area (Å²) in [4.78, 5) is 0. The fourth-order valence-electron chi connectivity index (χ4n) is 1.87. The van der Waals surface area contributed by atoms with E-state index in [1.54, 1.807) is 0 Å². The van der Waals surface area contributed by atoms with Gasteiger partial charge in [0, 0.05) is 19.6 Å². The second-order valence-electron chi connectivity index (χ2n) is 4.14. The molecule has 2 rings (SSSR count). The standard InChI is InChI=1S/C11H19N3O2/c1-12-6-5-10-13-14-11(16-10)8-9-4-2-3-7-15-9/h9,12H,2-8H2,1H3. The normalized spacial score (nSPS) is 21.2. The second kappa shape index (κ2) is 5.96. The Kier molecular flexibility index (Phi) is 4.30. The molecule has 1 unspecified atom stereocenters. The molecule has 5 heteroatoms. The molecule has 1 fully saturated rings. The second-order valence-corrected chi connectivity index (χ2v) is 4.14. The molecule has 1 atom stereocenters. The van der Waals surface area contributed by atoms with Gasteiger partial charge in [-0.25, -0.2) is 0 Å². The van der Waals surface area contributed by atoms with Crippen LogP contribution in [0.15, 0.2) is 4.42 Å². The molecule has 0 bridgehead atoms. The highest BCUT2D eigenvalue weighted by molar-refractivity contribution is 4.86. The van der Waals surface area contributed by atoms with Crippen molar-refractivity contribution in [2.24, 2.45) is 0 Å². The third kappa shape index (κ3) is 3.28. The first-order valence-corrected chi connectivity index (χ1v) is 5.96. The molecule has 0 spiro atoms. The van der Waals surface area contributed by atoms with Crippen LogP contribution >= 0.6 is 0 Å². The maximum atomic E-state index is 5.63. The zero-order valence-corrected chi connectivity index (χ0v) is 9.74. The number of hydrogen-bond donors (Lipinski definition) is 1. The van der Waals surface area contributed by atoms with Crippen LogP contribution in [-0.2, 0) is 17.6 Å². The molecule has 1 aromatic heterocycles. The van der Waals surface area contributed by atoms with Gasteiger partial charge in [-0.15, -0.1) is 10.2 Å². The summed E-state index contributed by atoms with van der Waals surface area (Å²) in [7, 11) is 1.91. The number of nitrogens with one attached hydrogen (secondary N) is 1. The van der Waals surface area contributed by atoms with Crippen molar-refractivity contribution < 1.29 is 9.15 Å². The van der Waals surface area contributed by atoms with Gasteiger partial charge in [0.05, 0.1) is 12.5 Å². The third-order valence-electron chi connectivity index (χ3n) is 2.77. The van der Waals surface area contributed by atoms with E-state index >= 15 is 0 Å². The average molecular weight is 225 g/mol. The van der Waals surface area contributed by atoms with Crippen LogP contribution in [0.25, 0.3) is 0 Å². The summed E-state index contributed by atoms with van der Waals surface area (Å²) in [5.74, 6) is 1.41. The van der Waals surface area contributed by atoms with Gasteiger partial charge in [0.15, 0.2) is 0 Å². The number of ether oxygens (including phenoxy) is 1. The average Bonchev–Trinajstić information content (AvgIpc) is 2.75. The van der Waals surface area contributed by atoms with Gasteiger partial charge in [0.1, 0.15) is 0 Å². The Bertz CT molecular complexity index is 308. The van der Waals surface area contributed by atoms with Crippen molar-refractivity contribution in [3.05, 3.63) is 11.8 Å². The molecule has 16 heavy (non-hydrogen) atoms. The molecular weight excluding hydrogens is 206 g/mol. The van der Waals surface area contributed by atoms with Crippen LogP contribution in [0.1, 0.15) is 31.0 Å². The number of rotatable bonds is 5. The van der Waals surface area contributed by atoms with E-state index in [2.05, 4.69) is 15.5 Å². The first kappa shape index (κ1) is 11.5. The predicted molar refractivity (Wildman–Crippen MR) is 59.2 cm³/mol. The van der Waals surface area contributed by atoms with Crippen molar-refractivity contribution in [3.63, 3.8) is 0 Å². The zero-order chi connectivity index (χ0) is 11.2. The van der Waals surface area contributed by atoms with Gasteiger partial charge in [-0.3, -0.25) is 0 Å².